The van der Waals surface area contributed by atoms with Crippen LogP contribution in [0.5, 0.6) is 0 Å². The van der Waals surface area contributed by atoms with E-state index in [2.05, 4.69) is 16.6 Å². The fourth-order valence-electron chi connectivity index (χ4n) is 0.500. The Balaban J connectivity index is 3.31. The summed E-state index contributed by atoms with van der Waals surface area (Å²) in [5.41, 5.74) is 0. The highest BCUT2D eigenvalue weighted by Gasteiger charge is 1.96. The molecule has 0 aromatic rings. The van der Waals surface area contributed by atoms with E-state index >= 15 is 0 Å². The number of ether oxygens (including phenoxy) is 1. The van der Waals surface area contributed by atoms with Gasteiger partial charge in [0.25, 0.3) is 0 Å². The number of aliphatic hydroxyl groups is 1. The molecule has 0 aromatic carbocycles. The van der Waals surface area contributed by atoms with Crippen LogP contribution in [0.3, 0.4) is 0 Å². The third-order valence-corrected chi connectivity index (χ3v) is 0.964. The first-order chi connectivity index (χ1) is 5.31. The van der Waals surface area contributed by atoms with E-state index in [0.717, 1.165) is 6.42 Å². The van der Waals surface area contributed by atoms with Crippen molar-refractivity contribution in [1.82, 2.24) is 0 Å². The first-order valence-corrected chi connectivity index (χ1v) is 3.53. The van der Waals surface area contributed by atoms with Gasteiger partial charge in [-0.1, -0.05) is 18.8 Å². The van der Waals surface area contributed by atoms with Gasteiger partial charge in [0.05, 0.1) is 0 Å². The maximum Gasteiger partial charge on any atom is 0.306 e. The van der Waals surface area contributed by atoms with Gasteiger partial charge in [0.2, 0.25) is 0 Å². The van der Waals surface area contributed by atoms with E-state index in [0.29, 0.717) is 6.42 Å². The van der Waals surface area contributed by atoms with Crippen LogP contribution in [0.15, 0.2) is 0 Å². The maximum absolute atomic E-state index is 10.7. The van der Waals surface area contributed by atoms with Crippen LogP contribution >= 0.6 is 0 Å². The van der Waals surface area contributed by atoms with Crippen LogP contribution in [0.4, 0.5) is 0 Å². The van der Waals surface area contributed by atoms with E-state index in [1.54, 1.807) is 0 Å². The lowest BCUT2D eigenvalue weighted by molar-refractivity contribution is -0.142. The second kappa shape index (κ2) is 7.10. The zero-order valence-corrected chi connectivity index (χ0v) is 6.59. The second-order valence-corrected chi connectivity index (χ2v) is 1.92. The number of hydrogen-bond donors (Lipinski definition) is 1. The molecule has 0 heterocycles. The Morgan fingerprint density at radius 3 is 2.82 bits per heavy atom. The molecule has 0 aliphatic heterocycles. The summed E-state index contributed by atoms with van der Waals surface area (Å²) in [6.45, 7) is 1.80. The van der Waals surface area contributed by atoms with Crippen molar-refractivity contribution in [2.45, 2.75) is 19.8 Å². The van der Waals surface area contributed by atoms with Crippen LogP contribution in [-0.2, 0) is 9.53 Å². The van der Waals surface area contributed by atoms with Crippen LogP contribution in [0, 0.1) is 11.8 Å². The number of carbonyl (C=O) groups excluding carboxylic acids is 1. The number of aliphatic hydroxyl groups excluding tert-OH is 1. The van der Waals surface area contributed by atoms with Gasteiger partial charge >= 0.3 is 5.97 Å². The van der Waals surface area contributed by atoms with Gasteiger partial charge < -0.3 is 9.84 Å². The van der Waals surface area contributed by atoms with Crippen LogP contribution in [0.1, 0.15) is 19.8 Å². The minimum atomic E-state index is -0.236. The quantitative estimate of drug-likeness (QED) is 0.473. The Bertz CT molecular complexity index is 164. The fourth-order valence-corrected chi connectivity index (χ4v) is 0.500. The van der Waals surface area contributed by atoms with Crippen LogP contribution < -0.4 is 0 Å². The normalized spacial score (nSPS) is 8.18. The van der Waals surface area contributed by atoms with Gasteiger partial charge in [0.15, 0.2) is 6.61 Å². The lowest BCUT2D eigenvalue weighted by Gasteiger charge is -1.96. The molecular weight excluding hydrogens is 144 g/mol. The summed E-state index contributed by atoms with van der Waals surface area (Å²) in [6, 6.07) is 0. The number of hydrogen-bond acceptors (Lipinski definition) is 3. The molecule has 3 nitrogen and oxygen atoms in total. The summed E-state index contributed by atoms with van der Waals surface area (Å²) >= 11 is 0. The number of esters is 1. The van der Waals surface area contributed by atoms with Crippen molar-refractivity contribution in [3.8, 4) is 11.8 Å². The molecule has 0 spiro atoms. The standard InChI is InChI=1S/C8H12O3/c1-2-5-8(10)11-7-4-3-6-9/h9H,2,5-7H2,1H3. The Morgan fingerprint density at radius 1 is 1.55 bits per heavy atom. The van der Waals surface area contributed by atoms with Crippen molar-refractivity contribution in [3.63, 3.8) is 0 Å². The van der Waals surface area contributed by atoms with E-state index in [-0.39, 0.29) is 19.2 Å². The summed E-state index contributed by atoms with van der Waals surface area (Å²) in [5, 5.41) is 8.22. The predicted octanol–water partition coefficient (Wildman–Crippen LogP) is 0.325. The molecule has 0 atom stereocenters. The van der Waals surface area contributed by atoms with Crippen molar-refractivity contribution in [3.05, 3.63) is 0 Å². The third kappa shape index (κ3) is 6.88. The Labute approximate surface area is 66.4 Å². The highest BCUT2D eigenvalue weighted by Crippen LogP contribution is 1.89. The molecule has 0 radical (unpaired) electrons. The first-order valence-electron chi connectivity index (χ1n) is 3.53. The zero-order valence-electron chi connectivity index (χ0n) is 6.59. The van der Waals surface area contributed by atoms with Gasteiger partial charge in [0.1, 0.15) is 6.61 Å². The minimum Gasteiger partial charge on any atom is -0.452 e. The second-order valence-electron chi connectivity index (χ2n) is 1.92. The molecule has 0 unspecified atom stereocenters. The highest BCUT2D eigenvalue weighted by atomic mass is 16.5. The molecule has 0 aromatic heterocycles. The van der Waals surface area contributed by atoms with Crippen molar-refractivity contribution in [2.24, 2.45) is 0 Å². The molecule has 0 rings (SSSR count). The molecule has 0 fully saturated rings. The smallest absolute Gasteiger partial charge is 0.306 e. The van der Waals surface area contributed by atoms with Gasteiger partial charge in [0, 0.05) is 6.42 Å². The van der Waals surface area contributed by atoms with Gasteiger partial charge in [-0.2, -0.15) is 0 Å². The molecule has 3 heteroatoms. The van der Waals surface area contributed by atoms with Crippen molar-refractivity contribution >= 4 is 5.97 Å². The first kappa shape index (κ1) is 9.99. The molecular formula is C8H12O3. The van der Waals surface area contributed by atoms with E-state index in [1.165, 1.54) is 0 Å². The van der Waals surface area contributed by atoms with Crippen LogP contribution in [0.25, 0.3) is 0 Å². The highest BCUT2D eigenvalue weighted by molar-refractivity contribution is 5.69. The summed E-state index contributed by atoms with van der Waals surface area (Å²) in [6.07, 6.45) is 1.22. The van der Waals surface area contributed by atoms with Gasteiger partial charge in [-0.05, 0) is 6.42 Å². The largest absolute Gasteiger partial charge is 0.452 e. The summed E-state index contributed by atoms with van der Waals surface area (Å²) < 4.78 is 4.66. The minimum absolute atomic E-state index is 0.0827. The van der Waals surface area contributed by atoms with Crippen molar-refractivity contribution in [2.75, 3.05) is 13.2 Å². The molecule has 0 bridgehead atoms. The molecule has 0 aliphatic carbocycles. The van der Waals surface area contributed by atoms with Gasteiger partial charge in [-0.25, -0.2) is 0 Å². The van der Waals surface area contributed by atoms with E-state index in [1.807, 2.05) is 6.92 Å². The van der Waals surface area contributed by atoms with Gasteiger partial charge in [-0.15, -0.1) is 0 Å². The fraction of sp³-hybridized carbons (Fsp3) is 0.625. The van der Waals surface area contributed by atoms with E-state index in [9.17, 15) is 4.79 Å². The zero-order chi connectivity index (χ0) is 8.53. The molecule has 62 valence electrons. The lowest BCUT2D eigenvalue weighted by Crippen LogP contribution is -2.03. The summed E-state index contributed by atoms with van der Waals surface area (Å²) in [4.78, 5) is 10.7. The third-order valence-electron chi connectivity index (χ3n) is 0.964. The molecule has 1 N–H and O–H groups in total. The molecule has 0 saturated heterocycles. The summed E-state index contributed by atoms with van der Waals surface area (Å²) in [5.74, 6) is 4.62. The molecule has 0 aliphatic rings. The van der Waals surface area contributed by atoms with E-state index in [4.69, 9.17) is 5.11 Å². The summed E-state index contributed by atoms with van der Waals surface area (Å²) in [7, 11) is 0. The predicted molar refractivity (Wildman–Crippen MR) is 40.7 cm³/mol. The topological polar surface area (TPSA) is 46.5 Å². The van der Waals surface area contributed by atoms with Crippen LogP contribution in [0.2, 0.25) is 0 Å². The SMILES string of the molecule is CCCC(=O)OCC#CCO. The average Bonchev–Trinajstić information content (AvgIpc) is 1.99. The van der Waals surface area contributed by atoms with Crippen molar-refractivity contribution in [1.29, 1.82) is 0 Å². The average molecular weight is 156 g/mol. The Hall–Kier alpha value is -1.01. The number of rotatable bonds is 3. The maximum atomic E-state index is 10.7. The Kier molecular flexibility index (Phi) is 6.45. The monoisotopic (exact) mass is 156 g/mol. The molecule has 0 amide bonds. The van der Waals surface area contributed by atoms with E-state index < -0.39 is 0 Å². The Morgan fingerprint density at radius 2 is 2.27 bits per heavy atom. The van der Waals surface area contributed by atoms with Crippen molar-refractivity contribution < 1.29 is 14.6 Å². The number of carbonyl (C=O) groups is 1. The molecule has 11 heavy (non-hydrogen) atoms. The lowest BCUT2D eigenvalue weighted by atomic mass is 10.3. The molecule has 0 saturated carbocycles. The van der Waals surface area contributed by atoms with Crippen LogP contribution in [-0.4, -0.2) is 24.3 Å². The van der Waals surface area contributed by atoms with Gasteiger partial charge in [-0.3, -0.25) is 4.79 Å².